The third kappa shape index (κ3) is 2.57. The van der Waals surface area contributed by atoms with E-state index < -0.39 is 17.4 Å². The molecule has 1 aromatic rings. The van der Waals surface area contributed by atoms with Crippen molar-refractivity contribution >= 4 is 33.4 Å². The van der Waals surface area contributed by atoms with Gasteiger partial charge in [0.05, 0.1) is 5.69 Å². The number of nitrogens with zero attached hydrogens (tertiary/aromatic N) is 1. The minimum atomic E-state index is -0.891. The Morgan fingerprint density at radius 1 is 1.33 bits per heavy atom. The van der Waals surface area contributed by atoms with Crippen LogP contribution in [0.15, 0.2) is 22.7 Å². The van der Waals surface area contributed by atoms with Gasteiger partial charge in [-0.1, -0.05) is 13.8 Å². The SMILES string of the molecule is CCC1(CC)NC(=O)C(C)N(c2ccc(F)cc2Br)C1=O. The fraction of sp³-hybridized carbons (Fsp3) is 0.467. The van der Waals surface area contributed by atoms with Crippen molar-refractivity contribution in [2.24, 2.45) is 0 Å². The first kappa shape index (κ1) is 15.9. The Hall–Kier alpha value is -1.43. The molecule has 1 heterocycles. The number of rotatable bonds is 3. The summed E-state index contributed by atoms with van der Waals surface area (Å²) >= 11 is 3.27. The minimum Gasteiger partial charge on any atom is -0.340 e. The summed E-state index contributed by atoms with van der Waals surface area (Å²) in [6.07, 6.45) is 1.02. The van der Waals surface area contributed by atoms with E-state index in [1.807, 2.05) is 13.8 Å². The highest BCUT2D eigenvalue weighted by atomic mass is 79.9. The maximum absolute atomic E-state index is 13.3. The molecule has 2 amide bonds. The molecule has 1 aliphatic heterocycles. The number of hydrogen-bond acceptors (Lipinski definition) is 2. The molecule has 0 bridgehead atoms. The summed E-state index contributed by atoms with van der Waals surface area (Å²) in [6, 6.07) is 3.46. The van der Waals surface area contributed by atoms with Gasteiger partial charge in [0, 0.05) is 4.47 Å². The lowest BCUT2D eigenvalue weighted by Gasteiger charge is -2.44. The molecule has 0 saturated carbocycles. The summed E-state index contributed by atoms with van der Waals surface area (Å²) in [5, 5.41) is 2.84. The van der Waals surface area contributed by atoms with Gasteiger partial charge in [0.1, 0.15) is 17.4 Å². The molecule has 1 aromatic carbocycles. The number of carbonyl (C=O) groups excluding carboxylic acids is 2. The predicted octanol–water partition coefficient (Wildman–Crippen LogP) is 3.00. The van der Waals surface area contributed by atoms with Crippen LogP contribution in [0.25, 0.3) is 0 Å². The van der Waals surface area contributed by atoms with E-state index in [9.17, 15) is 14.0 Å². The molecule has 1 aliphatic rings. The molecule has 0 aromatic heterocycles. The predicted molar refractivity (Wildman–Crippen MR) is 82.5 cm³/mol. The van der Waals surface area contributed by atoms with E-state index >= 15 is 0 Å². The van der Waals surface area contributed by atoms with Crippen LogP contribution in [0.3, 0.4) is 0 Å². The van der Waals surface area contributed by atoms with Crippen molar-refractivity contribution in [3.63, 3.8) is 0 Å². The summed E-state index contributed by atoms with van der Waals surface area (Å²) in [7, 11) is 0. The van der Waals surface area contributed by atoms with Crippen LogP contribution in [-0.2, 0) is 9.59 Å². The Kier molecular flexibility index (Phi) is 4.37. The van der Waals surface area contributed by atoms with Crippen LogP contribution in [0.5, 0.6) is 0 Å². The van der Waals surface area contributed by atoms with Crippen molar-refractivity contribution in [3.8, 4) is 0 Å². The normalized spacial score (nSPS) is 21.4. The number of benzene rings is 1. The van der Waals surface area contributed by atoms with Gasteiger partial charge in [0.25, 0.3) is 5.91 Å². The molecule has 1 atom stereocenters. The van der Waals surface area contributed by atoms with Gasteiger partial charge in [-0.05, 0) is 53.9 Å². The Balaban J connectivity index is 2.53. The van der Waals surface area contributed by atoms with Crippen LogP contribution < -0.4 is 10.2 Å². The molecular formula is C15H18BrFN2O2. The molecule has 1 fully saturated rings. The highest BCUT2D eigenvalue weighted by Gasteiger charge is 2.48. The molecule has 0 radical (unpaired) electrons. The van der Waals surface area contributed by atoms with Gasteiger partial charge in [-0.2, -0.15) is 0 Å². The summed E-state index contributed by atoms with van der Waals surface area (Å²) in [5.74, 6) is -0.758. The molecule has 4 nitrogen and oxygen atoms in total. The lowest BCUT2D eigenvalue weighted by Crippen LogP contribution is -2.69. The maximum Gasteiger partial charge on any atom is 0.253 e. The van der Waals surface area contributed by atoms with E-state index in [2.05, 4.69) is 21.2 Å². The quantitative estimate of drug-likeness (QED) is 0.904. The molecule has 114 valence electrons. The molecule has 2 rings (SSSR count). The number of anilines is 1. The van der Waals surface area contributed by atoms with Gasteiger partial charge in [0.15, 0.2) is 0 Å². The van der Waals surface area contributed by atoms with Crippen LogP contribution in [0.1, 0.15) is 33.6 Å². The lowest BCUT2D eigenvalue weighted by atomic mass is 9.87. The third-order valence-corrected chi connectivity index (χ3v) is 4.77. The van der Waals surface area contributed by atoms with E-state index in [0.717, 1.165) is 0 Å². The molecule has 1 N–H and O–H groups in total. The molecule has 1 unspecified atom stereocenters. The first-order valence-corrected chi connectivity index (χ1v) is 7.76. The zero-order chi connectivity index (χ0) is 15.8. The van der Waals surface area contributed by atoms with Crippen molar-refractivity contribution in [2.45, 2.75) is 45.2 Å². The zero-order valence-corrected chi connectivity index (χ0v) is 13.8. The second-order valence-corrected chi connectivity index (χ2v) is 6.08. The number of halogens is 2. The fourth-order valence-corrected chi connectivity index (χ4v) is 3.18. The Morgan fingerprint density at radius 3 is 2.48 bits per heavy atom. The minimum absolute atomic E-state index is 0.160. The molecule has 1 saturated heterocycles. The van der Waals surface area contributed by atoms with Crippen LogP contribution in [0, 0.1) is 5.82 Å². The fourth-order valence-electron chi connectivity index (χ4n) is 2.64. The van der Waals surface area contributed by atoms with Crippen LogP contribution in [0.2, 0.25) is 0 Å². The molecule has 6 heteroatoms. The monoisotopic (exact) mass is 356 g/mol. The summed E-state index contributed by atoms with van der Waals surface area (Å²) in [5.41, 5.74) is -0.382. The number of amides is 2. The van der Waals surface area contributed by atoms with Gasteiger partial charge in [-0.25, -0.2) is 4.39 Å². The number of nitrogens with one attached hydrogen (secondary N) is 1. The van der Waals surface area contributed by atoms with Gasteiger partial charge in [-0.15, -0.1) is 0 Å². The first-order chi connectivity index (χ1) is 9.86. The topological polar surface area (TPSA) is 49.4 Å². The van der Waals surface area contributed by atoms with Crippen LogP contribution >= 0.6 is 15.9 Å². The van der Waals surface area contributed by atoms with Gasteiger partial charge in [-0.3, -0.25) is 14.5 Å². The Bertz CT molecular complexity index is 587. The molecular weight excluding hydrogens is 339 g/mol. The Labute approximate surface area is 131 Å². The smallest absolute Gasteiger partial charge is 0.253 e. The van der Waals surface area contributed by atoms with Gasteiger partial charge < -0.3 is 5.32 Å². The van der Waals surface area contributed by atoms with Crippen LogP contribution in [0.4, 0.5) is 10.1 Å². The second-order valence-electron chi connectivity index (χ2n) is 5.23. The second kappa shape index (κ2) is 5.75. The van der Waals surface area contributed by atoms with E-state index in [-0.39, 0.29) is 11.8 Å². The highest BCUT2D eigenvalue weighted by molar-refractivity contribution is 9.10. The van der Waals surface area contributed by atoms with Gasteiger partial charge >= 0.3 is 0 Å². The van der Waals surface area contributed by atoms with Crippen molar-refractivity contribution in [1.29, 1.82) is 0 Å². The van der Waals surface area contributed by atoms with Crippen molar-refractivity contribution in [3.05, 3.63) is 28.5 Å². The molecule has 0 aliphatic carbocycles. The highest BCUT2D eigenvalue weighted by Crippen LogP contribution is 2.34. The average molecular weight is 357 g/mol. The van der Waals surface area contributed by atoms with E-state index in [1.165, 1.54) is 23.1 Å². The van der Waals surface area contributed by atoms with Crippen molar-refractivity contribution < 1.29 is 14.0 Å². The van der Waals surface area contributed by atoms with E-state index in [0.29, 0.717) is 23.0 Å². The zero-order valence-electron chi connectivity index (χ0n) is 12.2. The molecule has 0 spiro atoms. The number of piperazine rings is 1. The summed E-state index contributed by atoms with van der Waals surface area (Å²) < 4.78 is 13.7. The standard InChI is InChI=1S/C15H18BrFN2O2/c1-4-15(5-2)14(21)19(9(3)13(20)18-15)12-7-6-10(17)8-11(12)16/h6-9H,4-5H2,1-3H3,(H,18,20). The van der Waals surface area contributed by atoms with Crippen molar-refractivity contribution in [1.82, 2.24) is 5.32 Å². The maximum atomic E-state index is 13.3. The first-order valence-electron chi connectivity index (χ1n) is 6.97. The van der Waals surface area contributed by atoms with E-state index in [1.54, 1.807) is 6.92 Å². The van der Waals surface area contributed by atoms with E-state index in [4.69, 9.17) is 0 Å². The molecule has 21 heavy (non-hydrogen) atoms. The summed E-state index contributed by atoms with van der Waals surface area (Å²) in [4.78, 5) is 26.6. The average Bonchev–Trinajstić information content (AvgIpc) is 2.45. The lowest BCUT2D eigenvalue weighted by molar-refractivity contribution is -0.138. The van der Waals surface area contributed by atoms with Crippen LogP contribution in [-0.4, -0.2) is 23.4 Å². The Morgan fingerprint density at radius 2 is 1.95 bits per heavy atom. The largest absolute Gasteiger partial charge is 0.340 e. The summed E-state index contributed by atoms with van der Waals surface area (Å²) in [6.45, 7) is 5.41. The van der Waals surface area contributed by atoms with Crippen molar-refractivity contribution in [2.75, 3.05) is 4.90 Å². The van der Waals surface area contributed by atoms with Gasteiger partial charge in [0.2, 0.25) is 5.91 Å². The number of hydrogen-bond donors (Lipinski definition) is 1. The third-order valence-electron chi connectivity index (χ3n) is 4.13. The number of carbonyl (C=O) groups is 2.